The number of hydrogen-bond acceptors (Lipinski definition) is 3. The Labute approximate surface area is 198 Å². The number of halogens is 3. The first-order valence-corrected chi connectivity index (χ1v) is 11.1. The van der Waals surface area contributed by atoms with Crippen LogP contribution in [0, 0.1) is 0 Å². The monoisotopic (exact) mass is 481 g/mol. The third kappa shape index (κ3) is 6.98. The fourth-order valence-electron chi connectivity index (χ4n) is 3.11. The number of rotatable bonds is 5. The van der Waals surface area contributed by atoms with Crippen molar-refractivity contribution in [2.45, 2.75) is 78.6 Å². The molecule has 2 aromatic rings. The van der Waals surface area contributed by atoms with Crippen molar-refractivity contribution in [3.8, 4) is 0 Å². The third-order valence-corrected chi connectivity index (χ3v) is 5.04. The number of aromatic nitrogens is 2. The second kappa shape index (κ2) is 9.68. The van der Waals surface area contributed by atoms with Crippen molar-refractivity contribution in [1.29, 1.82) is 0 Å². The lowest BCUT2D eigenvalue weighted by molar-refractivity contribution is -0.137. The van der Waals surface area contributed by atoms with Gasteiger partial charge in [0.1, 0.15) is 12.4 Å². The van der Waals surface area contributed by atoms with Crippen LogP contribution in [0.3, 0.4) is 0 Å². The van der Waals surface area contributed by atoms with Crippen LogP contribution in [0.4, 0.5) is 29.5 Å². The lowest BCUT2D eigenvalue weighted by Crippen LogP contribution is -2.45. The number of carbonyl (C=O) groups is 2. The largest absolute Gasteiger partial charge is 0.416 e. The van der Waals surface area contributed by atoms with Crippen LogP contribution in [-0.4, -0.2) is 39.2 Å². The summed E-state index contributed by atoms with van der Waals surface area (Å²) in [5, 5.41) is 10.1. The van der Waals surface area contributed by atoms with Gasteiger partial charge >= 0.3 is 12.2 Å². The van der Waals surface area contributed by atoms with E-state index >= 15 is 0 Å². The number of carbonyl (C=O) groups excluding carboxylic acids is 2. The van der Waals surface area contributed by atoms with E-state index in [1.807, 2.05) is 47.6 Å². The summed E-state index contributed by atoms with van der Waals surface area (Å²) in [7, 11) is 0. The molecule has 0 saturated carbocycles. The molecule has 7 nitrogen and oxygen atoms in total. The topological polar surface area (TPSA) is 79.3 Å². The maximum atomic E-state index is 12.9. The van der Waals surface area contributed by atoms with E-state index in [4.69, 9.17) is 0 Å². The molecule has 0 fully saturated rings. The van der Waals surface area contributed by atoms with Gasteiger partial charge in [-0.3, -0.25) is 4.79 Å². The zero-order valence-corrected chi connectivity index (χ0v) is 21.0. The van der Waals surface area contributed by atoms with E-state index in [1.54, 1.807) is 18.5 Å². The van der Waals surface area contributed by atoms with Gasteiger partial charge in [-0.2, -0.15) is 18.3 Å². The minimum atomic E-state index is -4.46. The number of alkyl halides is 3. The van der Waals surface area contributed by atoms with Gasteiger partial charge in [0.05, 0.1) is 16.8 Å². The molecule has 34 heavy (non-hydrogen) atoms. The van der Waals surface area contributed by atoms with E-state index in [0.29, 0.717) is 5.82 Å². The van der Waals surface area contributed by atoms with Crippen molar-refractivity contribution in [3.63, 3.8) is 0 Å². The van der Waals surface area contributed by atoms with Crippen LogP contribution >= 0.6 is 0 Å². The summed E-state index contributed by atoms with van der Waals surface area (Å²) in [5.74, 6) is 0.108. The molecule has 2 N–H and O–H groups in total. The fourth-order valence-corrected chi connectivity index (χ4v) is 3.11. The second-order valence-electron chi connectivity index (χ2n) is 10.5. The number of nitrogens with zero attached hydrogens (tertiary/aromatic N) is 3. The van der Waals surface area contributed by atoms with Gasteiger partial charge in [-0.05, 0) is 58.9 Å². The van der Waals surface area contributed by atoms with E-state index in [-0.39, 0.29) is 29.2 Å². The maximum Gasteiger partial charge on any atom is 0.416 e. The molecule has 0 aliphatic heterocycles. The molecular formula is C24H34F3N5O2. The van der Waals surface area contributed by atoms with Crippen LogP contribution in [0.1, 0.15) is 66.6 Å². The number of benzene rings is 1. The maximum absolute atomic E-state index is 12.9. The van der Waals surface area contributed by atoms with Crippen molar-refractivity contribution >= 4 is 23.4 Å². The molecule has 0 atom stereocenters. The first-order chi connectivity index (χ1) is 15.4. The first kappa shape index (κ1) is 27.2. The number of hydrogen-bond donors (Lipinski definition) is 2. The van der Waals surface area contributed by atoms with Crippen LogP contribution in [-0.2, 0) is 21.9 Å². The minimum absolute atomic E-state index is 0.199. The summed E-state index contributed by atoms with van der Waals surface area (Å²) >= 11 is 0. The highest BCUT2D eigenvalue weighted by Crippen LogP contribution is 2.30. The van der Waals surface area contributed by atoms with Gasteiger partial charge in [-0.1, -0.05) is 20.8 Å². The lowest BCUT2D eigenvalue weighted by Gasteiger charge is -2.27. The lowest BCUT2D eigenvalue weighted by atomic mass is 9.92. The van der Waals surface area contributed by atoms with E-state index in [9.17, 15) is 22.8 Å². The molecule has 1 heterocycles. The van der Waals surface area contributed by atoms with Crippen LogP contribution in [0.15, 0.2) is 30.3 Å². The Bertz CT molecular complexity index is 1010. The molecule has 10 heteroatoms. The predicted molar refractivity (Wildman–Crippen MR) is 127 cm³/mol. The molecule has 1 aromatic heterocycles. The Morgan fingerprint density at radius 3 is 2.00 bits per heavy atom. The summed E-state index contributed by atoms with van der Waals surface area (Å²) in [6.45, 7) is 15.2. The molecule has 0 radical (unpaired) electrons. The summed E-state index contributed by atoms with van der Waals surface area (Å²) in [6.07, 6.45) is -4.46. The van der Waals surface area contributed by atoms with Gasteiger partial charge in [-0.25, -0.2) is 9.48 Å². The molecule has 0 saturated heterocycles. The highest BCUT2D eigenvalue weighted by atomic mass is 19.4. The highest BCUT2D eigenvalue weighted by molar-refractivity contribution is 5.96. The van der Waals surface area contributed by atoms with Crippen LogP contribution in [0.25, 0.3) is 0 Å². The molecule has 0 unspecified atom stereocenters. The van der Waals surface area contributed by atoms with Crippen LogP contribution < -0.4 is 10.6 Å². The smallest absolute Gasteiger partial charge is 0.313 e. The first-order valence-electron chi connectivity index (χ1n) is 11.1. The van der Waals surface area contributed by atoms with Crippen LogP contribution in [0.2, 0.25) is 0 Å². The van der Waals surface area contributed by atoms with Crippen molar-refractivity contribution in [2.75, 3.05) is 17.2 Å². The summed E-state index contributed by atoms with van der Waals surface area (Å²) in [5.41, 5.74) is -0.399. The summed E-state index contributed by atoms with van der Waals surface area (Å²) < 4.78 is 40.0. The molecule has 0 bridgehead atoms. The van der Waals surface area contributed by atoms with Gasteiger partial charge in [-0.15, -0.1) is 0 Å². The summed E-state index contributed by atoms with van der Waals surface area (Å²) in [6, 6.07) is 5.03. The molecule has 0 spiro atoms. The SMILES string of the molecule is CC(C)N(CC(=O)Nc1cc(C(C)(C)C)nn1C(C)(C)C)C(=O)Nc1ccc(C(F)(F)F)cc1. The molecule has 2 rings (SSSR count). The Morgan fingerprint density at radius 2 is 1.56 bits per heavy atom. The highest BCUT2D eigenvalue weighted by Gasteiger charge is 2.30. The minimum Gasteiger partial charge on any atom is -0.313 e. The van der Waals surface area contributed by atoms with Crippen molar-refractivity contribution in [1.82, 2.24) is 14.7 Å². The Balaban J connectivity index is 2.16. The van der Waals surface area contributed by atoms with Crippen molar-refractivity contribution in [3.05, 3.63) is 41.6 Å². The third-order valence-electron chi connectivity index (χ3n) is 5.04. The van der Waals surface area contributed by atoms with Crippen molar-refractivity contribution < 1.29 is 22.8 Å². The molecule has 1 aromatic carbocycles. The van der Waals surface area contributed by atoms with E-state index in [0.717, 1.165) is 17.8 Å². The average Bonchev–Trinajstić information content (AvgIpc) is 3.10. The molecule has 3 amide bonds. The Kier molecular flexibility index (Phi) is 7.74. The Hall–Kier alpha value is -3.04. The normalized spacial score (nSPS) is 12.6. The van der Waals surface area contributed by atoms with E-state index in [1.165, 1.54) is 17.0 Å². The quantitative estimate of drug-likeness (QED) is 0.564. The fraction of sp³-hybridized carbons (Fsp3) is 0.542. The zero-order chi connectivity index (χ0) is 26.1. The van der Waals surface area contributed by atoms with Crippen LogP contribution in [0.5, 0.6) is 0 Å². The van der Waals surface area contributed by atoms with Crippen molar-refractivity contribution in [2.24, 2.45) is 0 Å². The number of nitrogens with one attached hydrogen (secondary N) is 2. The predicted octanol–water partition coefficient (Wildman–Crippen LogP) is 5.84. The number of anilines is 2. The van der Waals surface area contributed by atoms with E-state index < -0.39 is 23.7 Å². The van der Waals surface area contributed by atoms with E-state index in [2.05, 4.69) is 15.7 Å². The van der Waals surface area contributed by atoms with Gasteiger partial charge < -0.3 is 15.5 Å². The molecule has 0 aliphatic rings. The second-order valence-corrected chi connectivity index (χ2v) is 10.5. The molecule has 188 valence electrons. The van der Waals surface area contributed by atoms with Gasteiger partial charge in [0.15, 0.2) is 0 Å². The standard InChI is InChI=1S/C24H34F3N5O2/c1-15(2)31(21(34)28-17-11-9-16(10-12-17)24(25,26)27)14-20(33)29-19-13-18(22(3,4)5)30-32(19)23(6,7)8/h9-13,15H,14H2,1-8H3,(H,28,34)(H,29,33). The van der Waals surface area contributed by atoms with Gasteiger partial charge in [0.25, 0.3) is 0 Å². The average molecular weight is 482 g/mol. The number of amides is 3. The van der Waals surface area contributed by atoms with Gasteiger partial charge in [0, 0.05) is 23.2 Å². The van der Waals surface area contributed by atoms with Gasteiger partial charge in [0.2, 0.25) is 5.91 Å². The number of urea groups is 1. The summed E-state index contributed by atoms with van der Waals surface area (Å²) in [4.78, 5) is 27.0. The molecule has 0 aliphatic carbocycles. The molecular weight excluding hydrogens is 447 g/mol. The zero-order valence-electron chi connectivity index (χ0n) is 21.0. The Morgan fingerprint density at radius 1 is 1.00 bits per heavy atom.